The van der Waals surface area contributed by atoms with Gasteiger partial charge in [0.05, 0.1) is 6.61 Å². The van der Waals surface area contributed by atoms with Crippen molar-refractivity contribution < 1.29 is 14.6 Å². The number of hydrogen-bond acceptors (Lipinski definition) is 4. The molecular weight excluding hydrogens is 340 g/mol. The fourth-order valence-electron chi connectivity index (χ4n) is 3.92. The molecule has 0 aliphatic carbocycles. The quantitative estimate of drug-likeness (QED) is 0.854. The van der Waals surface area contributed by atoms with E-state index in [-0.39, 0.29) is 17.9 Å². The minimum Gasteiger partial charge on any atom is -0.396 e. The first kappa shape index (κ1) is 18.0. The molecule has 0 atom stereocenters. The fourth-order valence-corrected chi connectivity index (χ4v) is 3.92. The molecule has 1 fully saturated rings. The van der Waals surface area contributed by atoms with Gasteiger partial charge in [0.25, 0.3) is 5.91 Å². The van der Waals surface area contributed by atoms with Gasteiger partial charge in [-0.1, -0.05) is 30.3 Å². The normalized spacial score (nSPS) is 18.2. The fraction of sp³-hybridized carbons (Fsp3) is 0.409. The van der Waals surface area contributed by atoms with E-state index in [9.17, 15) is 9.90 Å². The minimum atomic E-state index is -0.262. The number of amides is 1. The molecule has 5 heteroatoms. The van der Waals surface area contributed by atoms with E-state index in [1.807, 2.05) is 18.2 Å². The molecule has 2 aliphatic heterocycles. The highest BCUT2D eigenvalue weighted by atomic mass is 16.5. The molecule has 1 amide bonds. The standard InChI is InChI=1S/C22H26N2O3/c25-16-22(8-10-27-11-9-22)15-23-21(26)17-6-3-7-20(12-17)24-13-18-4-1-2-5-19(18)14-24/h1-7,12,25H,8-11,13-16H2,(H,23,26). The number of fused-ring (bicyclic) bond motifs is 1. The zero-order valence-corrected chi connectivity index (χ0v) is 15.5. The van der Waals surface area contributed by atoms with Crippen LogP contribution in [0.2, 0.25) is 0 Å². The number of aliphatic hydroxyl groups excluding tert-OH is 1. The molecule has 0 radical (unpaired) electrons. The van der Waals surface area contributed by atoms with Gasteiger partial charge in [0.15, 0.2) is 0 Å². The molecular formula is C22H26N2O3. The number of carbonyl (C=O) groups is 1. The molecule has 0 saturated carbocycles. The second-order valence-electron chi connectivity index (χ2n) is 7.63. The van der Waals surface area contributed by atoms with Crippen LogP contribution < -0.4 is 10.2 Å². The molecule has 2 N–H and O–H groups in total. The third kappa shape index (κ3) is 3.84. The van der Waals surface area contributed by atoms with Crippen LogP contribution in [0.5, 0.6) is 0 Å². The molecule has 2 aliphatic rings. The van der Waals surface area contributed by atoms with Crippen LogP contribution in [0.1, 0.15) is 34.3 Å². The van der Waals surface area contributed by atoms with E-state index < -0.39 is 0 Å². The first-order chi connectivity index (χ1) is 13.2. The number of nitrogens with one attached hydrogen (secondary N) is 1. The average molecular weight is 366 g/mol. The summed E-state index contributed by atoms with van der Waals surface area (Å²) in [6, 6.07) is 16.2. The maximum Gasteiger partial charge on any atom is 0.251 e. The van der Waals surface area contributed by atoms with Crippen molar-refractivity contribution in [1.82, 2.24) is 5.32 Å². The lowest BCUT2D eigenvalue weighted by Crippen LogP contribution is -2.43. The first-order valence-electron chi connectivity index (χ1n) is 9.58. The third-order valence-electron chi connectivity index (χ3n) is 5.83. The molecule has 27 heavy (non-hydrogen) atoms. The van der Waals surface area contributed by atoms with Gasteiger partial charge in [0.2, 0.25) is 0 Å². The lowest BCUT2D eigenvalue weighted by molar-refractivity contribution is -0.0146. The van der Waals surface area contributed by atoms with E-state index in [4.69, 9.17) is 4.74 Å². The number of hydrogen-bond donors (Lipinski definition) is 2. The maximum absolute atomic E-state index is 12.7. The van der Waals surface area contributed by atoms with Gasteiger partial charge in [-0.25, -0.2) is 0 Å². The number of ether oxygens (including phenoxy) is 1. The lowest BCUT2D eigenvalue weighted by atomic mass is 9.81. The Morgan fingerprint density at radius 3 is 2.44 bits per heavy atom. The Morgan fingerprint density at radius 2 is 1.78 bits per heavy atom. The van der Waals surface area contributed by atoms with Crippen LogP contribution in [0.3, 0.4) is 0 Å². The van der Waals surface area contributed by atoms with Gasteiger partial charge in [-0.2, -0.15) is 0 Å². The Morgan fingerprint density at radius 1 is 1.07 bits per heavy atom. The number of carbonyl (C=O) groups excluding carboxylic acids is 1. The van der Waals surface area contributed by atoms with Crippen molar-refractivity contribution in [2.45, 2.75) is 25.9 Å². The summed E-state index contributed by atoms with van der Waals surface area (Å²) < 4.78 is 5.39. The second-order valence-corrected chi connectivity index (χ2v) is 7.63. The predicted octanol–water partition coefficient (Wildman–Crippen LogP) is 2.73. The van der Waals surface area contributed by atoms with Crippen molar-refractivity contribution in [2.75, 3.05) is 31.3 Å². The van der Waals surface area contributed by atoms with Crippen LogP contribution in [0, 0.1) is 5.41 Å². The average Bonchev–Trinajstić information content (AvgIpc) is 3.17. The van der Waals surface area contributed by atoms with Crippen LogP contribution in [-0.2, 0) is 17.8 Å². The minimum absolute atomic E-state index is 0.0721. The van der Waals surface area contributed by atoms with Gasteiger partial charge in [-0.15, -0.1) is 0 Å². The van der Waals surface area contributed by atoms with Gasteiger partial charge in [-0.3, -0.25) is 4.79 Å². The van der Waals surface area contributed by atoms with Gasteiger partial charge in [0, 0.05) is 49.5 Å². The third-order valence-corrected chi connectivity index (χ3v) is 5.83. The van der Waals surface area contributed by atoms with E-state index in [2.05, 4.69) is 40.5 Å². The van der Waals surface area contributed by atoms with Crippen LogP contribution in [0.4, 0.5) is 5.69 Å². The van der Waals surface area contributed by atoms with Crippen molar-refractivity contribution in [2.24, 2.45) is 5.41 Å². The number of benzene rings is 2. The van der Waals surface area contributed by atoms with E-state index in [1.54, 1.807) is 0 Å². The number of aliphatic hydroxyl groups is 1. The van der Waals surface area contributed by atoms with Gasteiger partial charge in [0.1, 0.15) is 0 Å². The molecule has 2 heterocycles. The zero-order valence-electron chi connectivity index (χ0n) is 15.5. The summed E-state index contributed by atoms with van der Waals surface area (Å²) in [6.07, 6.45) is 1.55. The van der Waals surface area contributed by atoms with Crippen molar-refractivity contribution in [1.29, 1.82) is 0 Å². The van der Waals surface area contributed by atoms with Crippen LogP contribution in [0.15, 0.2) is 48.5 Å². The van der Waals surface area contributed by atoms with Crippen LogP contribution in [-0.4, -0.2) is 37.4 Å². The predicted molar refractivity (Wildman–Crippen MR) is 105 cm³/mol. The van der Waals surface area contributed by atoms with Crippen molar-refractivity contribution >= 4 is 11.6 Å². The molecule has 0 spiro atoms. The summed E-state index contributed by atoms with van der Waals surface area (Å²) in [7, 11) is 0. The SMILES string of the molecule is O=C(NCC1(CO)CCOCC1)c1cccc(N2Cc3ccccc3C2)c1. The number of anilines is 1. The van der Waals surface area contributed by atoms with Crippen molar-refractivity contribution in [3.63, 3.8) is 0 Å². The molecule has 142 valence electrons. The molecule has 0 bridgehead atoms. The van der Waals surface area contributed by atoms with Crippen LogP contribution >= 0.6 is 0 Å². The van der Waals surface area contributed by atoms with Crippen molar-refractivity contribution in [3.05, 3.63) is 65.2 Å². The Kier molecular flexibility index (Phi) is 5.14. The number of rotatable bonds is 5. The Balaban J connectivity index is 1.42. The topological polar surface area (TPSA) is 61.8 Å². The largest absolute Gasteiger partial charge is 0.396 e. The molecule has 0 aromatic heterocycles. The lowest BCUT2D eigenvalue weighted by Gasteiger charge is -2.35. The second kappa shape index (κ2) is 7.71. The van der Waals surface area contributed by atoms with E-state index >= 15 is 0 Å². The highest BCUT2D eigenvalue weighted by Gasteiger charge is 2.32. The molecule has 1 saturated heterocycles. The Labute approximate surface area is 160 Å². The molecule has 0 unspecified atom stereocenters. The summed E-state index contributed by atoms with van der Waals surface area (Å²) in [5, 5.41) is 12.8. The van der Waals surface area contributed by atoms with Gasteiger partial charge < -0.3 is 20.1 Å². The Bertz CT molecular complexity index is 790. The summed E-state index contributed by atoms with van der Waals surface area (Å²) in [6.45, 7) is 3.57. The highest BCUT2D eigenvalue weighted by Crippen LogP contribution is 2.30. The molecule has 5 nitrogen and oxygen atoms in total. The molecule has 4 rings (SSSR count). The maximum atomic E-state index is 12.7. The monoisotopic (exact) mass is 366 g/mol. The highest BCUT2D eigenvalue weighted by molar-refractivity contribution is 5.95. The van der Waals surface area contributed by atoms with E-state index in [1.165, 1.54) is 11.1 Å². The summed E-state index contributed by atoms with van der Waals surface area (Å²) >= 11 is 0. The van der Waals surface area contributed by atoms with E-state index in [0.29, 0.717) is 25.3 Å². The van der Waals surface area contributed by atoms with Crippen molar-refractivity contribution in [3.8, 4) is 0 Å². The summed E-state index contributed by atoms with van der Waals surface area (Å²) in [4.78, 5) is 15.0. The smallest absolute Gasteiger partial charge is 0.251 e. The summed E-state index contributed by atoms with van der Waals surface area (Å²) in [5.74, 6) is -0.0899. The van der Waals surface area contributed by atoms with Crippen LogP contribution in [0.25, 0.3) is 0 Å². The molecule has 2 aromatic carbocycles. The van der Waals surface area contributed by atoms with Gasteiger partial charge in [-0.05, 0) is 42.2 Å². The van der Waals surface area contributed by atoms with E-state index in [0.717, 1.165) is 31.6 Å². The summed E-state index contributed by atoms with van der Waals surface area (Å²) in [5.41, 5.74) is 4.14. The van der Waals surface area contributed by atoms with Gasteiger partial charge >= 0.3 is 0 Å². The number of nitrogens with zero attached hydrogens (tertiary/aromatic N) is 1. The first-order valence-corrected chi connectivity index (χ1v) is 9.58. The Hall–Kier alpha value is -2.37. The molecule has 2 aromatic rings. The zero-order chi connectivity index (χ0) is 18.7.